The molecule has 0 aliphatic rings. The van der Waals surface area contributed by atoms with Gasteiger partial charge in [0.15, 0.2) is 0 Å². The van der Waals surface area contributed by atoms with Crippen molar-refractivity contribution in [2.45, 2.75) is 4.90 Å². The van der Waals surface area contributed by atoms with Gasteiger partial charge in [-0.05, 0) is 18.2 Å². The van der Waals surface area contributed by atoms with Crippen molar-refractivity contribution in [1.29, 1.82) is 0 Å². The Morgan fingerprint density at radius 3 is 2.77 bits per heavy atom. The number of hydrogen-bond acceptors (Lipinski definition) is 2. The Bertz CT molecular complexity index is 330. The number of thioether (sulfide) groups is 1. The predicted octanol–water partition coefficient (Wildman–Crippen LogP) is 2.90. The molecule has 0 heterocycles. The van der Waals surface area contributed by atoms with Crippen molar-refractivity contribution in [3.8, 4) is 0 Å². The van der Waals surface area contributed by atoms with E-state index in [1.807, 2.05) is 0 Å². The summed E-state index contributed by atoms with van der Waals surface area (Å²) in [6.45, 7) is 0. The second-order valence-corrected chi connectivity index (χ2v) is 4.15. The first-order valence-corrected chi connectivity index (χ1v) is 5.16. The van der Waals surface area contributed by atoms with Crippen LogP contribution in [0.5, 0.6) is 0 Å². The summed E-state index contributed by atoms with van der Waals surface area (Å²) in [5, 5.41) is 1.12. The van der Waals surface area contributed by atoms with Gasteiger partial charge in [0.25, 0.3) is 0 Å². The number of rotatable bonds is 3. The SMILES string of the molecule is [NH]C(=O)CSc1cc(Cl)ccc1Cl. The number of carbonyl (C=O) groups excluding carboxylic acids is 1. The molecule has 1 radical (unpaired) electrons. The highest BCUT2D eigenvalue weighted by atomic mass is 35.5. The van der Waals surface area contributed by atoms with Gasteiger partial charge in [-0.3, -0.25) is 10.5 Å². The topological polar surface area (TPSA) is 40.9 Å². The summed E-state index contributed by atoms with van der Waals surface area (Å²) in [4.78, 5) is 11.1. The van der Waals surface area contributed by atoms with Gasteiger partial charge in [0, 0.05) is 9.92 Å². The number of benzene rings is 1. The van der Waals surface area contributed by atoms with Crippen LogP contribution >= 0.6 is 35.0 Å². The number of halogens is 2. The summed E-state index contributed by atoms with van der Waals surface area (Å²) in [6, 6.07) is 5.02. The fourth-order valence-corrected chi connectivity index (χ4v) is 1.95. The molecule has 1 rings (SSSR count). The van der Waals surface area contributed by atoms with Crippen molar-refractivity contribution in [2.24, 2.45) is 0 Å². The van der Waals surface area contributed by atoms with Gasteiger partial charge in [-0.25, -0.2) is 0 Å². The lowest BCUT2D eigenvalue weighted by molar-refractivity contribution is -0.116. The van der Waals surface area contributed by atoms with Gasteiger partial charge in [-0.1, -0.05) is 23.2 Å². The standard InChI is InChI=1S/C8H6Cl2NOS/c9-5-1-2-6(10)7(3-5)13-4-8(11)12/h1-3,11H,4H2. The fraction of sp³-hybridized carbons (Fsp3) is 0.125. The molecule has 0 fully saturated rings. The Morgan fingerprint density at radius 2 is 2.15 bits per heavy atom. The van der Waals surface area contributed by atoms with Gasteiger partial charge < -0.3 is 0 Å². The van der Waals surface area contributed by atoms with Gasteiger partial charge in [0.2, 0.25) is 5.91 Å². The molecule has 5 heteroatoms. The van der Waals surface area contributed by atoms with E-state index in [2.05, 4.69) is 0 Å². The maximum Gasteiger partial charge on any atom is 0.248 e. The van der Waals surface area contributed by atoms with Crippen LogP contribution in [0.1, 0.15) is 0 Å². The molecule has 1 amide bonds. The zero-order chi connectivity index (χ0) is 9.84. The molecule has 0 aliphatic heterocycles. The molecule has 0 atom stereocenters. The third-order valence-corrected chi connectivity index (χ3v) is 2.98. The molecule has 0 unspecified atom stereocenters. The quantitative estimate of drug-likeness (QED) is 0.755. The molecule has 0 spiro atoms. The predicted molar refractivity (Wildman–Crippen MR) is 55.3 cm³/mol. The number of amides is 1. The van der Waals surface area contributed by atoms with Gasteiger partial charge >= 0.3 is 0 Å². The molecule has 13 heavy (non-hydrogen) atoms. The molecule has 0 aliphatic carbocycles. The third-order valence-electron chi connectivity index (χ3n) is 1.25. The first kappa shape index (κ1) is 10.7. The van der Waals surface area contributed by atoms with E-state index in [4.69, 9.17) is 28.9 Å². The van der Waals surface area contributed by atoms with Gasteiger partial charge in [-0.15, -0.1) is 11.8 Å². The second-order valence-electron chi connectivity index (χ2n) is 2.29. The van der Waals surface area contributed by atoms with E-state index in [1.54, 1.807) is 18.2 Å². The highest BCUT2D eigenvalue weighted by molar-refractivity contribution is 8.00. The Labute approximate surface area is 90.4 Å². The summed E-state index contributed by atoms with van der Waals surface area (Å²) in [7, 11) is 0. The van der Waals surface area contributed by atoms with E-state index < -0.39 is 5.91 Å². The minimum atomic E-state index is -0.624. The molecule has 0 bridgehead atoms. The Morgan fingerprint density at radius 1 is 1.46 bits per heavy atom. The molecule has 1 N–H and O–H groups in total. The minimum absolute atomic E-state index is 0.0973. The average Bonchev–Trinajstić information content (AvgIpc) is 2.06. The number of hydrogen-bond donors (Lipinski definition) is 0. The average molecular weight is 235 g/mol. The maximum atomic E-state index is 10.4. The molecule has 2 nitrogen and oxygen atoms in total. The van der Waals surface area contributed by atoms with E-state index in [9.17, 15) is 4.79 Å². The largest absolute Gasteiger partial charge is 0.272 e. The third kappa shape index (κ3) is 3.46. The lowest BCUT2D eigenvalue weighted by atomic mass is 10.4. The normalized spacial score (nSPS) is 10.0. The Kier molecular flexibility index (Phi) is 3.90. The zero-order valence-electron chi connectivity index (χ0n) is 6.51. The van der Waals surface area contributed by atoms with Crippen LogP contribution in [0, 0.1) is 0 Å². The van der Waals surface area contributed by atoms with Crippen LogP contribution in [-0.4, -0.2) is 11.7 Å². The van der Waals surface area contributed by atoms with Crippen LogP contribution in [-0.2, 0) is 4.79 Å². The van der Waals surface area contributed by atoms with E-state index in [0.29, 0.717) is 10.0 Å². The van der Waals surface area contributed by atoms with E-state index in [-0.39, 0.29) is 5.75 Å². The first-order chi connectivity index (χ1) is 6.09. The van der Waals surface area contributed by atoms with Gasteiger partial charge in [0.05, 0.1) is 10.8 Å². The fourth-order valence-electron chi connectivity index (χ4n) is 0.731. The molecular weight excluding hydrogens is 229 g/mol. The van der Waals surface area contributed by atoms with Crippen molar-refractivity contribution in [3.63, 3.8) is 0 Å². The van der Waals surface area contributed by atoms with Crippen LogP contribution in [0.15, 0.2) is 23.1 Å². The lowest BCUT2D eigenvalue weighted by Crippen LogP contribution is -2.00. The molecule has 0 saturated carbocycles. The summed E-state index contributed by atoms with van der Waals surface area (Å²) in [6.07, 6.45) is 0. The molecule has 1 aromatic rings. The molecule has 0 aromatic heterocycles. The molecule has 69 valence electrons. The van der Waals surface area contributed by atoms with E-state index >= 15 is 0 Å². The molecular formula is C8H6Cl2NOS. The van der Waals surface area contributed by atoms with Crippen LogP contribution in [0.3, 0.4) is 0 Å². The van der Waals surface area contributed by atoms with Crippen LogP contribution < -0.4 is 5.73 Å². The highest BCUT2D eigenvalue weighted by Gasteiger charge is 2.03. The summed E-state index contributed by atoms with van der Waals surface area (Å²) < 4.78 is 0. The first-order valence-electron chi connectivity index (χ1n) is 3.42. The maximum absolute atomic E-state index is 10.4. The van der Waals surface area contributed by atoms with E-state index in [0.717, 1.165) is 4.90 Å². The van der Waals surface area contributed by atoms with Crippen molar-refractivity contribution in [1.82, 2.24) is 5.73 Å². The zero-order valence-corrected chi connectivity index (χ0v) is 8.84. The highest BCUT2D eigenvalue weighted by Crippen LogP contribution is 2.29. The second kappa shape index (κ2) is 4.74. The van der Waals surface area contributed by atoms with Gasteiger partial charge in [-0.2, -0.15) is 0 Å². The summed E-state index contributed by atoms with van der Waals surface area (Å²) >= 11 is 12.8. The van der Waals surface area contributed by atoms with Crippen molar-refractivity contribution in [2.75, 3.05) is 5.75 Å². The summed E-state index contributed by atoms with van der Waals surface area (Å²) in [5.41, 5.74) is 6.72. The lowest BCUT2D eigenvalue weighted by Gasteiger charge is -2.01. The van der Waals surface area contributed by atoms with Gasteiger partial charge in [0.1, 0.15) is 0 Å². The van der Waals surface area contributed by atoms with Crippen molar-refractivity contribution in [3.05, 3.63) is 28.2 Å². The van der Waals surface area contributed by atoms with Crippen LogP contribution in [0.2, 0.25) is 10.0 Å². The summed E-state index contributed by atoms with van der Waals surface area (Å²) in [5.74, 6) is -0.527. The van der Waals surface area contributed by atoms with Crippen LogP contribution in [0.4, 0.5) is 0 Å². The van der Waals surface area contributed by atoms with Crippen molar-refractivity contribution >= 4 is 40.9 Å². The number of carbonyl (C=O) groups is 1. The van der Waals surface area contributed by atoms with Crippen LogP contribution in [0.25, 0.3) is 0 Å². The van der Waals surface area contributed by atoms with E-state index in [1.165, 1.54) is 11.8 Å². The Balaban J connectivity index is 2.75. The monoisotopic (exact) mass is 234 g/mol. The minimum Gasteiger partial charge on any atom is -0.272 e. The molecule has 1 aromatic carbocycles. The smallest absolute Gasteiger partial charge is 0.248 e. The number of nitrogens with one attached hydrogen (secondary N) is 1. The molecule has 0 saturated heterocycles. The van der Waals surface area contributed by atoms with Crippen molar-refractivity contribution < 1.29 is 4.79 Å². The Hall–Kier alpha value is -0.380.